The molecule has 0 bridgehead atoms. The number of hydrogen-bond donors (Lipinski definition) is 1. The summed E-state index contributed by atoms with van der Waals surface area (Å²) in [5, 5.41) is 1.17. The molecule has 0 radical (unpaired) electrons. The molecule has 1 N–H and O–H groups in total. The van der Waals surface area contributed by atoms with Crippen LogP contribution in [0.5, 0.6) is 5.75 Å². The smallest absolute Gasteiger partial charge is 0.223 e. The molecular weight excluding hydrogens is 396 g/mol. The molecule has 0 spiro atoms. The fourth-order valence-corrected chi connectivity index (χ4v) is 4.62. The van der Waals surface area contributed by atoms with Crippen molar-refractivity contribution in [3.63, 3.8) is 0 Å². The zero-order chi connectivity index (χ0) is 21.8. The fraction of sp³-hybridized carbons (Fsp3) is 0.250. The summed E-state index contributed by atoms with van der Waals surface area (Å²) in [4.78, 5) is 18.5. The monoisotopic (exact) mass is 424 g/mol. The van der Waals surface area contributed by atoms with Gasteiger partial charge in [0.15, 0.2) is 0 Å². The van der Waals surface area contributed by atoms with Crippen molar-refractivity contribution in [2.45, 2.75) is 31.8 Å². The molecular formula is C28H28N2O2. The highest BCUT2D eigenvalue weighted by Gasteiger charge is 2.26. The Morgan fingerprint density at radius 3 is 2.56 bits per heavy atom. The Labute approximate surface area is 188 Å². The van der Waals surface area contributed by atoms with E-state index in [1.807, 2.05) is 41.3 Å². The first kappa shape index (κ1) is 20.4. The van der Waals surface area contributed by atoms with Crippen LogP contribution in [0.4, 0.5) is 0 Å². The van der Waals surface area contributed by atoms with Crippen molar-refractivity contribution < 1.29 is 9.53 Å². The topological polar surface area (TPSA) is 45.3 Å². The van der Waals surface area contributed by atoms with Crippen LogP contribution < -0.4 is 4.74 Å². The second-order valence-electron chi connectivity index (χ2n) is 8.48. The number of fused-ring (bicyclic) bond motifs is 1. The Morgan fingerprint density at radius 1 is 0.938 bits per heavy atom. The second kappa shape index (κ2) is 9.31. The van der Waals surface area contributed by atoms with Gasteiger partial charge in [-0.25, -0.2) is 0 Å². The van der Waals surface area contributed by atoms with Crippen LogP contribution in [-0.2, 0) is 11.4 Å². The number of likely N-dealkylation sites (tertiary alicyclic amines) is 1. The molecule has 1 fully saturated rings. The van der Waals surface area contributed by atoms with Crippen molar-refractivity contribution in [2.24, 2.45) is 0 Å². The molecule has 1 aliphatic rings. The number of H-pyrrole nitrogens is 1. The quantitative estimate of drug-likeness (QED) is 0.402. The van der Waals surface area contributed by atoms with E-state index in [0.29, 0.717) is 13.0 Å². The first-order valence-corrected chi connectivity index (χ1v) is 11.4. The molecule has 1 aromatic heterocycles. The maximum absolute atomic E-state index is 13.1. The zero-order valence-electron chi connectivity index (χ0n) is 18.2. The predicted molar refractivity (Wildman–Crippen MR) is 128 cm³/mol. The Hall–Kier alpha value is -3.53. The van der Waals surface area contributed by atoms with Crippen LogP contribution >= 0.6 is 0 Å². The van der Waals surface area contributed by atoms with E-state index in [-0.39, 0.29) is 11.8 Å². The maximum atomic E-state index is 13.1. The number of amides is 1. The molecule has 162 valence electrons. The van der Waals surface area contributed by atoms with Crippen molar-refractivity contribution >= 4 is 16.8 Å². The van der Waals surface area contributed by atoms with Crippen molar-refractivity contribution in [3.05, 3.63) is 102 Å². The number of nitrogens with zero attached hydrogens (tertiary/aromatic N) is 1. The average molecular weight is 425 g/mol. The lowest BCUT2D eigenvalue weighted by Gasteiger charge is -2.22. The van der Waals surface area contributed by atoms with E-state index in [4.69, 9.17) is 4.74 Å². The predicted octanol–water partition coefficient (Wildman–Crippen LogP) is 5.89. The van der Waals surface area contributed by atoms with Crippen LogP contribution in [0.3, 0.4) is 0 Å². The highest BCUT2D eigenvalue weighted by molar-refractivity contribution is 5.86. The van der Waals surface area contributed by atoms with Gasteiger partial charge in [0, 0.05) is 42.5 Å². The molecule has 2 heterocycles. The summed E-state index contributed by atoms with van der Waals surface area (Å²) in [6, 6.07) is 26.7. The summed E-state index contributed by atoms with van der Waals surface area (Å²) < 4.78 is 6.09. The van der Waals surface area contributed by atoms with Crippen LogP contribution in [0.2, 0.25) is 0 Å². The summed E-state index contributed by atoms with van der Waals surface area (Å²) in [6.07, 6.45) is 4.73. The molecule has 3 aromatic carbocycles. The summed E-state index contributed by atoms with van der Waals surface area (Å²) in [6.45, 7) is 2.27. The van der Waals surface area contributed by atoms with Crippen molar-refractivity contribution in [2.75, 3.05) is 13.1 Å². The number of hydrogen-bond acceptors (Lipinski definition) is 2. The number of carbonyl (C=O) groups excluding carboxylic acids is 1. The SMILES string of the molecule is O=C(CC(c1cccc(OCc2ccccc2)c1)c1c[nH]c2ccccc12)N1CCCC1. The lowest BCUT2D eigenvalue weighted by atomic mass is 9.87. The van der Waals surface area contributed by atoms with Gasteiger partial charge in [0.1, 0.15) is 12.4 Å². The van der Waals surface area contributed by atoms with Gasteiger partial charge in [-0.1, -0.05) is 60.7 Å². The Balaban J connectivity index is 1.45. The molecule has 4 nitrogen and oxygen atoms in total. The van der Waals surface area contributed by atoms with E-state index in [9.17, 15) is 4.79 Å². The Morgan fingerprint density at radius 2 is 1.72 bits per heavy atom. The third-order valence-corrected chi connectivity index (χ3v) is 6.34. The van der Waals surface area contributed by atoms with Gasteiger partial charge >= 0.3 is 0 Å². The number of rotatable bonds is 7. The molecule has 1 aliphatic heterocycles. The number of aromatic nitrogens is 1. The molecule has 1 saturated heterocycles. The van der Waals surface area contributed by atoms with Crippen molar-refractivity contribution in [1.29, 1.82) is 0 Å². The molecule has 1 unspecified atom stereocenters. The fourth-order valence-electron chi connectivity index (χ4n) is 4.62. The van der Waals surface area contributed by atoms with E-state index >= 15 is 0 Å². The Kier molecular flexibility index (Phi) is 5.93. The van der Waals surface area contributed by atoms with Gasteiger partial charge in [0.05, 0.1) is 0 Å². The largest absolute Gasteiger partial charge is 0.489 e. The molecule has 5 rings (SSSR count). The second-order valence-corrected chi connectivity index (χ2v) is 8.48. The van der Waals surface area contributed by atoms with Crippen molar-refractivity contribution in [1.82, 2.24) is 9.88 Å². The van der Waals surface area contributed by atoms with Crippen LogP contribution in [0.1, 0.15) is 41.9 Å². The van der Waals surface area contributed by atoms with Gasteiger partial charge in [-0.2, -0.15) is 0 Å². The number of ether oxygens (including phenoxy) is 1. The standard InChI is InChI=1S/C28H28N2O2/c31-28(30-15-6-7-16-30)18-25(26-19-29-27-14-5-4-13-24(26)27)22-11-8-12-23(17-22)32-20-21-9-2-1-3-10-21/h1-5,8-14,17,19,25,29H,6-7,15-16,18,20H2. The molecule has 32 heavy (non-hydrogen) atoms. The minimum absolute atomic E-state index is 0.0282. The van der Waals surface area contributed by atoms with Crippen LogP contribution in [-0.4, -0.2) is 28.9 Å². The van der Waals surface area contributed by atoms with Crippen LogP contribution in [0.15, 0.2) is 85.1 Å². The van der Waals surface area contributed by atoms with E-state index in [1.54, 1.807) is 0 Å². The van der Waals surface area contributed by atoms with E-state index in [1.165, 1.54) is 5.39 Å². The van der Waals surface area contributed by atoms with E-state index in [2.05, 4.69) is 53.6 Å². The number of benzene rings is 3. The van der Waals surface area contributed by atoms with Crippen LogP contribution in [0, 0.1) is 0 Å². The van der Waals surface area contributed by atoms with Gasteiger partial charge in [-0.3, -0.25) is 4.79 Å². The average Bonchev–Trinajstić information content (AvgIpc) is 3.53. The van der Waals surface area contributed by atoms with Gasteiger partial charge in [-0.15, -0.1) is 0 Å². The van der Waals surface area contributed by atoms with E-state index < -0.39 is 0 Å². The lowest BCUT2D eigenvalue weighted by Crippen LogP contribution is -2.29. The number of para-hydroxylation sites is 1. The van der Waals surface area contributed by atoms with E-state index in [0.717, 1.165) is 53.9 Å². The van der Waals surface area contributed by atoms with Crippen LogP contribution in [0.25, 0.3) is 10.9 Å². The number of carbonyl (C=O) groups is 1. The minimum atomic E-state index is -0.0282. The molecule has 0 saturated carbocycles. The highest BCUT2D eigenvalue weighted by Crippen LogP contribution is 2.35. The summed E-state index contributed by atoms with van der Waals surface area (Å²) in [5.41, 5.74) is 4.49. The van der Waals surface area contributed by atoms with Gasteiger partial charge in [-0.05, 0) is 47.7 Å². The molecule has 1 amide bonds. The van der Waals surface area contributed by atoms with Gasteiger partial charge in [0.25, 0.3) is 0 Å². The Bertz CT molecular complexity index is 1190. The first-order valence-electron chi connectivity index (χ1n) is 11.4. The third-order valence-electron chi connectivity index (χ3n) is 6.34. The van der Waals surface area contributed by atoms with Gasteiger partial charge < -0.3 is 14.6 Å². The number of nitrogens with one attached hydrogen (secondary N) is 1. The normalized spacial score (nSPS) is 14.6. The summed E-state index contributed by atoms with van der Waals surface area (Å²) in [7, 11) is 0. The lowest BCUT2D eigenvalue weighted by molar-refractivity contribution is -0.130. The zero-order valence-corrected chi connectivity index (χ0v) is 18.2. The minimum Gasteiger partial charge on any atom is -0.489 e. The summed E-state index contributed by atoms with van der Waals surface area (Å²) >= 11 is 0. The maximum Gasteiger partial charge on any atom is 0.223 e. The molecule has 4 aromatic rings. The highest BCUT2D eigenvalue weighted by atomic mass is 16.5. The molecule has 4 heteroatoms. The third kappa shape index (κ3) is 4.40. The first-order chi connectivity index (χ1) is 15.8. The van der Waals surface area contributed by atoms with Crippen molar-refractivity contribution in [3.8, 4) is 5.75 Å². The number of aromatic amines is 1. The molecule has 1 atom stereocenters. The molecule has 0 aliphatic carbocycles. The summed E-state index contributed by atoms with van der Waals surface area (Å²) in [5.74, 6) is 1.03. The van der Waals surface area contributed by atoms with Gasteiger partial charge in [0.2, 0.25) is 5.91 Å².